The number of hydrogen-bond acceptors (Lipinski definition) is 3. The van der Waals surface area contributed by atoms with E-state index in [4.69, 9.17) is 9.47 Å². The van der Waals surface area contributed by atoms with Gasteiger partial charge in [0.25, 0.3) is 0 Å². The number of halogens is 1. The van der Waals surface area contributed by atoms with Crippen molar-refractivity contribution in [1.29, 1.82) is 0 Å². The van der Waals surface area contributed by atoms with Gasteiger partial charge in [0.1, 0.15) is 17.3 Å². The number of thiophene rings is 1. The van der Waals surface area contributed by atoms with Gasteiger partial charge >= 0.3 is 0 Å². The lowest BCUT2D eigenvalue weighted by molar-refractivity contribution is 0.415. The van der Waals surface area contributed by atoms with Gasteiger partial charge < -0.3 is 9.47 Å². The fourth-order valence-electron chi connectivity index (χ4n) is 3.05. The van der Waals surface area contributed by atoms with Crippen molar-refractivity contribution < 1.29 is 13.9 Å². The predicted octanol–water partition coefficient (Wildman–Crippen LogP) is 6.39. The van der Waals surface area contributed by atoms with E-state index in [1.807, 2.05) is 36.4 Å². The Morgan fingerprint density at radius 2 is 1.35 bits per heavy atom. The average molecular weight is 364 g/mol. The molecule has 130 valence electrons. The van der Waals surface area contributed by atoms with Crippen molar-refractivity contribution in [2.24, 2.45) is 0 Å². The van der Waals surface area contributed by atoms with Crippen molar-refractivity contribution in [3.05, 3.63) is 72.5 Å². The molecule has 0 unspecified atom stereocenters. The molecule has 2 nitrogen and oxygen atoms in total. The molecule has 4 heteroatoms. The minimum atomic E-state index is -0.234. The molecule has 4 rings (SSSR count). The van der Waals surface area contributed by atoms with Crippen molar-refractivity contribution in [3.8, 4) is 33.1 Å². The van der Waals surface area contributed by atoms with Crippen LogP contribution in [-0.4, -0.2) is 14.2 Å². The molecule has 0 radical (unpaired) electrons. The molecule has 1 heterocycles. The van der Waals surface area contributed by atoms with E-state index < -0.39 is 0 Å². The van der Waals surface area contributed by atoms with Gasteiger partial charge in [-0.25, -0.2) is 4.39 Å². The summed E-state index contributed by atoms with van der Waals surface area (Å²) in [7, 11) is 3.32. The molecule has 0 saturated heterocycles. The summed E-state index contributed by atoms with van der Waals surface area (Å²) in [5.41, 5.74) is 3.24. The van der Waals surface area contributed by atoms with Gasteiger partial charge in [-0.15, -0.1) is 11.3 Å². The van der Waals surface area contributed by atoms with Gasteiger partial charge in [0, 0.05) is 20.5 Å². The SMILES string of the molecule is COc1ccc(-c2c(-c3ccc(F)cc3)sc3cc(OC)ccc23)cc1. The lowest BCUT2D eigenvalue weighted by Crippen LogP contribution is -1.85. The van der Waals surface area contributed by atoms with E-state index in [1.165, 1.54) is 12.1 Å². The van der Waals surface area contributed by atoms with Crippen LogP contribution in [0.5, 0.6) is 11.5 Å². The Labute approximate surface area is 155 Å². The van der Waals surface area contributed by atoms with Crippen LogP contribution < -0.4 is 9.47 Å². The molecule has 1 aromatic heterocycles. The summed E-state index contributed by atoms with van der Waals surface area (Å²) in [5.74, 6) is 1.41. The molecule has 0 spiro atoms. The summed E-state index contributed by atoms with van der Waals surface area (Å²) in [4.78, 5) is 1.11. The molecule has 0 aliphatic rings. The monoisotopic (exact) mass is 364 g/mol. The summed E-state index contributed by atoms with van der Waals surface area (Å²) < 4.78 is 25.2. The third kappa shape index (κ3) is 2.93. The Balaban J connectivity index is 1.97. The zero-order valence-electron chi connectivity index (χ0n) is 14.5. The molecule has 0 atom stereocenters. The summed E-state index contributed by atoms with van der Waals surface area (Å²) >= 11 is 1.68. The standard InChI is InChI=1S/C22H17FO2S/c1-24-17-9-5-14(6-10-17)21-19-12-11-18(25-2)13-20(19)26-22(21)15-3-7-16(23)8-4-15/h3-13H,1-2H3. The number of benzene rings is 3. The van der Waals surface area contributed by atoms with Crippen LogP contribution in [0.1, 0.15) is 0 Å². The molecule has 3 aromatic carbocycles. The van der Waals surface area contributed by atoms with E-state index in [2.05, 4.69) is 18.2 Å². The minimum Gasteiger partial charge on any atom is -0.497 e. The van der Waals surface area contributed by atoms with Crippen LogP contribution in [0.15, 0.2) is 66.7 Å². The van der Waals surface area contributed by atoms with Gasteiger partial charge in [0.2, 0.25) is 0 Å². The van der Waals surface area contributed by atoms with Crippen LogP contribution in [0.4, 0.5) is 4.39 Å². The van der Waals surface area contributed by atoms with Crippen LogP contribution in [0.3, 0.4) is 0 Å². The molecule has 0 bridgehead atoms. The van der Waals surface area contributed by atoms with Gasteiger partial charge in [-0.3, -0.25) is 0 Å². The first kappa shape index (κ1) is 16.6. The highest BCUT2D eigenvalue weighted by atomic mass is 32.1. The third-order valence-corrected chi connectivity index (χ3v) is 5.58. The number of rotatable bonds is 4. The Hall–Kier alpha value is -2.85. The maximum absolute atomic E-state index is 13.4. The molecule has 0 aliphatic carbocycles. The molecule has 0 N–H and O–H groups in total. The smallest absolute Gasteiger partial charge is 0.123 e. The van der Waals surface area contributed by atoms with Gasteiger partial charge in [-0.05, 0) is 53.6 Å². The highest BCUT2D eigenvalue weighted by Gasteiger charge is 2.16. The molecular weight excluding hydrogens is 347 g/mol. The second kappa shape index (κ2) is 6.81. The zero-order chi connectivity index (χ0) is 18.1. The normalized spacial score (nSPS) is 10.9. The minimum absolute atomic E-state index is 0.234. The number of ether oxygens (including phenoxy) is 2. The van der Waals surface area contributed by atoms with Crippen molar-refractivity contribution in [1.82, 2.24) is 0 Å². The Morgan fingerprint density at radius 1 is 0.731 bits per heavy atom. The molecule has 26 heavy (non-hydrogen) atoms. The Morgan fingerprint density at radius 3 is 2.00 bits per heavy atom. The second-order valence-corrected chi connectivity index (χ2v) is 6.96. The number of fused-ring (bicyclic) bond motifs is 1. The van der Waals surface area contributed by atoms with Crippen LogP contribution >= 0.6 is 11.3 Å². The second-order valence-electron chi connectivity index (χ2n) is 5.90. The fraction of sp³-hybridized carbons (Fsp3) is 0.0909. The zero-order valence-corrected chi connectivity index (χ0v) is 15.3. The number of hydrogen-bond donors (Lipinski definition) is 0. The van der Waals surface area contributed by atoms with Gasteiger partial charge in [-0.1, -0.05) is 24.3 Å². The molecule has 0 saturated carbocycles. The highest BCUT2D eigenvalue weighted by molar-refractivity contribution is 7.23. The predicted molar refractivity (Wildman–Crippen MR) is 106 cm³/mol. The summed E-state index contributed by atoms with van der Waals surface area (Å²) in [6.07, 6.45) is 0. The van der Waals surface area contributed by atoms with Crippen LogP contribution in [0, 0.1) is 5.82 Å². The summed E-state index contributed by atoms with van der Waals surface area (Å²) in [6, 6.07) is 20.8. The molecule has 0 amide bonds. The van der Waals surface area contributed by atoms with E-state index in [1.54, 1.807) is 25.6 Å². The fourth-order valence-corrected chi connectivity index (χ4v) is 4.31. The van der Waals surface area contributed by atoms with E-state index >= 15 is 0 Å². The van der Waals surface area contributed by atoms with Gasteiger partial charge in [-0.2, -0.15) is 0 Å². The van der Waals surface area contributed by atoms with E-state index in [0.717, 1.165) is 43.2 Å². The van der Waals surface area contributed by atoms with Gasteiger partial charge in [0.15, 0.2) is 0 Å². The van der Waals surface area contributed by atoms with E-state index in [9.17, 15) is 4.39 Å². The van der Waals surface area contributed by atoms with Crippen molar-refractivity contribution in [2.75, 3.05) is 14.2 Å². The van der Waals surface area contributed by atoms with Crippen molar-refractivity contribution >= 4 is 21.4 Å². The first-order valence-electron chi connectivity index (χ1n) is 8.20. The molecule has 0 fully saturated rings. The number of methoxy groups -OCH3 is 2. The highest BCUT2D eigenvalue weighted by Crippen LogP contribution is 2.45. The van der Waals surface area contributed by atoms with Crippen molar-refractivity contribution in [3.63, 3.8) is 0 Å². The maximum atomic E-state index is 13.4. The van der Waals surface area contributed by atoms with Crippen LogP contribution in [0.2, 0.25) is 0 Å². The Bertz CT molecular complexity index is 1050. The van der Waals surface area contributed by atoms with Crippen molar-refractivity contribution in [2.45, 2.75) is 0 Å². The average Bonchev–Trinajstić information content (AvgIpc) is 3.07. The third-order valence-electron chi connectivity index (χ3n) is 4.38. The summed E-state index contributed by atoms with van der Waals surface area (Å²) in [5, 5.41) is 1.15. The van der Waals surface area contributed by atoms with Crippen LogP contribution in [-0.2, 0) is 0 Å². The maximum Gasteiger partial charge on any atom is 0.123 e. The van der Waals surface area contributed by atoms with Gasteiger partial charge in [0.05, 0.1) is 14.2 Å². The molecular formula is C22H17FO2S. The molecule has 0 aliphatic heterocycles. The van der Waals surface area contributed by atoms with E-state index in [-0.39, 0.29) is 5.82 Å². The summed E-state index contributed by atoms with van der Waals surface area (Å²) in [6.45, 7) is 0. The quantitative estimate of drug-likeness (QED) is 0.418. The lowest BCUT2D eigenvalue weighted by atomic mass is 9.98. The van der Waals surface area contributed by atoms with E-state index in [0.29, 0.717) is 0 Å². The molecule has 4 aromatic rings. The lowest BCUT2D eigenvalue weighted by Gasteiger charge is -2.07. The largest absolute Gasteiger partial charge is 0.497 e. The Kier molecular flexibility index (Phi) is 4.35. The topological polar surface area (TPSA) is 18.5 Å². The van der Waals surface area contributed by atoms with Crippen LogP contribution in [0.25, 0.3) is 31.7 Å². The first-order chi connectivity index (χ1) is 12.7. The first-order valence-corrected chi connectivity index (χ1v) is 9.02.